The predicted octanol–water partition coefficient (Wildman–Crippen LogP) is 3.38. The van der Waals surface area contributed by atoms with E-state index in [2.05, 4.69) is 9.97 Å². The van der Waals surface area contributed by atoms with E-state index in [4.69, 9.17) is 16.3 Å². The molecule has 5 nitrogen and oxygen atoms in total. The molecule has 1 fully saturated rings. The molecule has 1 heterocycles. The second-order valence-electron chi connectivity index (χ2n) is 4.90. The van der Waals surface area contributed by atoms with Gasteiger partial charge in [0.2, 0.25) is 11.6 Å². The summed E-state index contributed by atoms with van der Waals surface area (Å²) in [6.07, 6.45) is 2.07. The fourth-order valence-corrected chi connectivity index (χ4v) is 2.30. The molecule has 2 aromatic rings. The van der Waals surface area contributed by atoms with Gasteiger partial charge in [0.05, 0.1) is 18.5 Å². The molecular weight excluding hydrogens is 292 g/mol. The van der Waals surface area contributed by atoms with Crippen molar-refractivity contribution in [1.82, 2.24) is 9.97 Å². The van der Waals surface area contributed by atoms with Crippen LogP contribution in [0.2, 0.25) is 5.02 Å². The Balaban J connectivity index is 2.19. The normalized spacial score (nSPS) is 14.0. The van der Waals surface area contributed by atoms with Crippen LogP contribution in [0.1, 0.15) is 34.9 Å². The molecular formula is C15H13ClN2O3. The van der Waals surface area contributed by atoms with Crippen molar-refractivity contribution < 1.29 is 14.6 Å². The summed E-state index contributed by atoms with van der Waals surface area (Å²) in [4.78, 5) is 20.0. The van der Waals surface area contributed by atoms with Gasteiger partial charge in [0, 0.05) is 16.5 Å². The quantitative estimate of drug-likeness (QED) is 0.937. The number of methoxy groups -OCH3 is 1. The minimum atomic E-state index is -1.16. The Hall–Kier alpha value is -2.14. The fraction of sp³-hybridized carbons (Fsp3) is 0.267. The summed E-state index contributed by atoms with van der Waals surface area (Å²) < 4.78 is 5.06. The molecule has 1 aromatic heterocycles. The summed E-state index contributed by atoms with van der Waals surface area (Å²) in [6, 6.07) is 7.13. The first-order valence-corrected chi connectivity index (χ1v) is 6.93. The summed E-state index contributed by atoms with van der Waals surface area (Å²) in [5.74, 6) is -0.779. The lowest BCUT2D eigenvalue weighted by atomic mass is 10.1. The minimum Gasteiger partial charge on any atom is -0.479 e. The van der Waals surface area contributed by atoms with Crippen LogP contribution in [-0.2, 0) is 0 Å². The average Bonchev–Trinajstić information content (AvgIpc) is 3.31. The van der Waals surface area contributed by atoms with E-state index in [0.29, 0.717) is 16.6 Å². The Morgan fingerprint density at radius 1 is 1.29 bits per heavy atom. The Morgan fingerprint density at radius 2 is 1.95 bits per heavy atom. The second kappa shape index (κ2) is 5.33. The molecule has 0 unspecified atom stereocenters. The van der Waals surface area contributed by atoms with Crippen molar-refractivity contribution in [3.05, 3.63) is 40.7 Å². The van der Waals surface area contributed by atoms with Crippen molar-refractivity contribution >= 4 is 17.6 Å². The minimum absolute atomic E-state index is 0.0575. The zero-order valence-electron chi connectivity index (χ0n) is 11.3. The molecule has 0 saturated heterocycles. The van der Waals surface area contributed by atoms with E-state index in [9.17, 15) is 9.90 Å². The first-order valence-electron chi connectivity index (χ1n) is 6.55. The lowest BCUT2D eigenvalue weighted by Crippen LogP contribution is -2.09. The molecule has 1 N–H and O–H groups in total. The zero-order chi connectivity index (χ0) is 15.0. The van der Waals surface area contributed by atoms with Crippen LogP contribution in [0.15, 0.2) is 24.3 Å². The first-order chi connectivity index (χ1) is 10.1. The molecule has 0 bridgehead atoms. The standard InChI is InChI=1S/C15H13ClN2O3/c1-21-14-13(15(19)20)17-11(12(18-14)8-2-3-8)9-4-6-10(16)7-5-9/h4-8H,2-3H2,1H3,(H,19,20). The maximum Gasteiger partial charge on any atom is 0.360 e. The molecule has 1 aliphatic rings. The van der Waals surface area contributed by atoms with Gasteiger partial charge in [0.25, 0.3) is 0 Å². The summed E-state index contributed by atoms with van der Waals surface area (Å²) in [5, 5.41) is 9.87. The van der Waals surface area contributed by atoms with Gasteiger partial charge >= 0.3 is 5.97 Å². The highest BCUT2D eigenvalue weighted by atomic mass is 35.5. The number of carboxylic acid groups (broad SMARTS) is 1. The van der Waals surface area contributed by atoms with Crippen molar-refractivity contribution in [2.75, 3.05) is 7.11 Å². The highest BCUT2D eigenvalue weighted by Crippen LogP contribution is 2.43. The Labute approximate surface area is 126 Å². The fourth-order valence-electron chi connectivity index (χ4n) is 2.18. The molecule has 21 heavy (non-hydrogen) atoms. The van der Waals surface area contributed by atoms with Gasteiger partial charge in [-0.1, -0.05) is 23.7 Å². The average molecular weight is 305 g/mol. The highest BCUT2D eigenvalue weighted by molar-refractivity contribution is 6.30. The monoisotopic (exact) mass is 304 g/mol. The lowest BCUT2D eigenvalue weighted by Gasteiger charge is -2.11. The number of carbonyl (C=O) groups is 1. The van der Waals surface area contributed by atoms with Gasteiger partial charge in [-0.25, -0.2) is 14.8 Å². The summed E-state index contributed by atoms with van der Waals surface area (Å²) in [5.41, 5.74) is 2.01. The number of benzene rings is 1. The van der Waals surface area contributed by atoms with Crippen molar-refractivity contribution in [2.45, 2.75) is 18.8 Å². The third kappa shape index (κ3) is 2.69. The molecule has 0 atom stereocenters. The highest BCUT2D eigenvalue weighted by Gasteiger charge is 2.31. The molecule has 1 aromatic carbocycles. The number of hydrogen-bond donors (Lipinski definition) is 1. The first kappa shape index (κ1) is 13.8. The summed E-state index contributed by atoms with van der Waals surface area (Å²) in [6.45, 7) is 0. The Bertz CT molecular complexity index is 697. The van der Waals surface area contributed by atoms with Crippen molar-refractivity contribution in [3.8, 4) is 17.1 Å². The number of ether oxygens (including phenoxy) is 1. The largest absolute Gasteiger partial charge is 0.479 e. The zero-order valence-corrected chi connectivity index (χ0v) is 12.1. The Kier molecular flexibility index (Phi) is 3.51. The van der Waals surface area contributed by atoms with Crippen molar-refractivity contribution in [3.63, 3.8) is 0 Å². The molecule has 6 heteroatoms. The van der Waals surface area contributed by atoms with Crippen LogP contribution in [0, 0.1) is 0 Å². The number of carboxylic acids is 1. The van der Waals surface area contributed by atoms with Crippen LogP contribution < -0.4 is 4.74 Å². The van der Waals surface area contributed by atoms with Crippen LogP contribution >= 0.6 is 11.6 Å². The lowest BCUT2D eigenvalue weighted by molar-refractivity contribution is 0.0685. The number of hydrogen-bond acceptors (Lipinski definition) is 4. The van der Waals surface area contributed by atoms with Gasteiger partial charge in [-0.3, -0.25) is 0 Å². The van der Waals surface area contributed by atoms with E-state index in [0.717, 1.165) is 24.1 Å². The van der Waals surface area contributed by atoms with Gasteiger partial charge in [0.1, 0.15) is 0 Å². The van der Waals surface area contributed by atoms with Gasteiger partial charge in [-0.15, -0.1) is 0 Å². The number of aromatic carboxylic acids is 1. The van der Waals surface area contributed by atoms with Crippen molar-refractivity contribution in [2.24, 2.45) is 0 Å². The van der Waals surface area contributed by atoms with E-state index in [-0.39, 0.29) is 11.6 Å². The van der Waals surface area contributed by atoms with Crippen LogP contribution in [0.3, 0.4) is 0 Å². The Morgan fingerprint density at radius 3 is 2.48 bits per heavy atom. The molecule has 0 aliphatic heterocycles. The number of halogens is 1. The van der Waals surface area contributed by atoms with E-state index in [1.54, 1.807) is 12.1 Å². The molecule has 0 spiro atoms. The number of rotatable bonds is 4. The van der Waals surface area contributed by atoms with Crippen LogP contribution in [0.4, 0.5) is 0 Å². The second-order valence-corrected chi connectivity index (χ2v) is 5.34. The predicted molar refractivity (Wildman–Crippen MR) is 78.0 cm³/mol. The van der Waals surface area contributed by atoms with E-state index in [1.807, 2.05) is 12.1 Å². The maximum absolute atomic E-state index is 11.3. The SMILES string of the molecule is COc1nc(C2CC2)c(-c2ccc(Cl)cc2)nc1C(=O)O. The van der Waals surface area contributed by atoms with Gasteiger partial charge in [0.15, 0.2) is 0 Å². The van der Waals surface area contributed by atoms with E-state index in [1.165, 1.54) is 7.11 Å². The van der Waals surface area contributed by atoms with Gasteiger partial charge in [-0.05, 0) is 25.0 Å². The van der Waals surface area contributed by atoms with E-state index < -0.39 is 5.97 Å². The molecule has 3 rings (SSSR count). The van der Waals surface area contributed by atoms with Crippen molar-refractivity contribution in [1.29, 1.82) is 0 Å². The molecule has 0 radical (unpaired) electrons. The molecule has 1 aliphatic carbocycles. The van der Waals surface area contributed by atoms with Gasteiger partial charge in [-0.2, -0.15) is 0 Å². The third-order valence-electron chi connectivity index (χ3n) is 3.37. The topological polar surface area (TPSA) is 72.3 Å². The van der Waals surface area contributed by atoms with E-state index >= 15 is 0 Å². The third-order valence-corrected chi connectivity index (χ3v) is 3.62. The smallest absolute Gasteiger partial charge is 0.360 e. The molecule has 1 saturated carbocycles. The summed E-state index contributed by atoms with van der Waals surface area (Å²) in [7, 11) is 1.40. The van der Waals surface area contributed by atoms with Crippen LogP contribution in [0.25, 0.3) is 11.3 Å². The molecule has 108 valence electrons. The molecule has 0 amide bonds. The van der Waals surface area contributed by atoms with Crippen LogP contribution in [0.5, 0.6) is 5.88 Å². The van der Waals surface area contributed by atoms with Gasteiger partial charge < -0.3 is 9.84 Å². The number of nitrogens with zero attached hydrogens (tertiary/aromatic N) is 2. The summed E-state index contributed by atoms with van der Waals surface area (Å²) >= 11 is 5.89. The number of aromatic nitrogens is 2. The maximum atomic E-state index is 11.3. The van der Waals surface area contributed by atoms with Crippen LogP contribution in [-0.4, -0.2) is 28.2 Å².